The Labute approximate surface area is 119 Å². The number of fused-ring (bicyclic) bond motifs is 1. The van der Waals surface area contributed by atoms with Crippen molar-refractivity contribution in [3.05, 3.63) is 59.2 Å². The molecule has 0 amide bonds. The molecule has 3 heteroatoms. The Morgan fingerprint density at radius 2 is 1.85 bits per heavy atom. The normalized spacial score (nSPS) is 17.4. The molecule has 104 valence electrons. The minimum absolute atomic E-state index is 0.181. The molecular formula is C17H19NO2. The van der Waals surface area contributed by atoms with Gasteiger partial charge in [-0.1, -0.05) is 24.3 Å². The third kappa shape index (κ3) is 2.25. The van der Waals surface area contributed by atoms with Crippen LogP contribution < -0.4 is 14.8 Å². The van der Waals surface area contributed by atoms with Crippen LogP contribution in [0, 0.1) is 0 Å². The summed E-state index contributed by atoms with van der Waals surface area (Å²) in [6.07, 6.45) is 1.03. The van der Waals surface area contributed by atoms with Crippen molar-refractivity contribution in [2.45, 2.75) is 12.5 Å². The van der Waals surface area contributed by atoms with Gasteiger partial charge in [0.15, 0.2) is 0 Å². The molecule has 1 N–H and O–H groups in total. The van der Waals surface area contributed by atoms with Crippen molar-refractivity contribution in [3.63, 3.8) is 0 Å². The van der Waals surface area contributed by atoms with Gasteiger partial charge >= 0.3 is 0 Å². The molecule has 20 heavy (non-hydrogen) atoms. The van der Waals surface area contributed by atoms with Crippen LogP contribution in [0.2, 0.25) is 0 Å². The third-order valence-corrected chi connectivity index (χ3v) is 3.85. The quantitative estimate of drug-likeness (QED) is 0.929. The number of ether oxygens (including phenoxy) is 2. The summed E-state index contributed by atoms with van der Waals surface area (Å²) in [5.41, 5.74) is 3.83. The number of hydrogen-bond donors (Lipinski definition) is 1. The first-order valence-corrected chi connectivity index (χ1v) is 6.86. The van der Waals surface area contributed by atoms with E-state index in [0.29, 0.717) is 0 Å². The zero-order chi connectivity index (χ0) is 13.9. The molecule has 1 unspecified atom stereocenters. The molecule has 0 saturated heterocycles. The predicted octanol–water partition coefficient (Wildman–Crippen LogP) is 2.94. The van der Waals surface area contributed by atoms with Gasteiger partial charge in [0.2, 0.25) is 0 Å². The van der Waals surface area contributed by atoms with E-state index in [-0.39, 0.29) is 6.04 Å². The minimum Gasteiger partial charge on any atom is -0.497 e. The smallest absolute Gasteiger partial charge is 0.123 e. The predicted molar refractivity (Wildman–Crippen MR) is 79.5 cm³/mol. The molecule has 0 spiro atoms. The fraction of sp³-hybridized carbons (Fsp3) is 0.294. The molecule has 0 fully saturated rings. The molecule has 0 radical (unpaired) electrons. The maximum atomic E-state index is 5.49. The van der Waals surface area contributed by atoms with Gasteiger partial charge < -0.3 is 14.8 Å². The molecule has 2 aromatic rings. The zero-order valence-electron chi connectivity index (χ0n) is 11.8. The van der Waals surface area contributed by atoms with Gasteiger partial charge in [-0.25, -0.2) is 0 Å². The Balaban J connectivity index is 2.05. The van der Waals surface area contributed by atoms with Gasteiger partial charge in [0.05, 0.1) is 20.3 Å². The van der Waals surface area contributed by atoms with Gasteiger partial charge in [0, 0.05) is 12.1 Å². The van der Waals surface area contributed by atoms with E-state index in [2.05, 4.69) is 29.6 Å². The lowest BCUT2D eigenvalue weighted by molar-refractivity contribution is 0.401. The summed E-state index contributed by atoms with van der Waals surface area (Å²) in [6, 6.07) is 14.7. The number of rotatable bonds is 3. The lowest BCUT2D eigenvalue weighted by Crippen LogP contribution is -2.30. The maximum Gasteiger partial charge on any atom is 0.123 e. The largest absolute Gasteiger partial charge is 0.497 e. The van der Waals surface area contributed by atoms with Crippen LogP contribution in [0.4, 0.5) is 0 Å². The van der Waals surface area contributed by atoms with Crippen molar-refractivity contribution in [1.82, 2.24) is 5.32 Å². The minimum atomic E-state index is 0.181. The third-order valence-electron chi connectivity index (χ3n) is 3.85. The lowest BCUT2D eigenvalue weighted by Gasteiger charge is -2.28. The second-order valence-electron chi connectivity index (χ2n) is 4.94. The van der Waals surface area contributed by atoms with Crippen molar-refractivity contribution in [2.75, 3.05) is 20.8 Å². The van der Waals surface area contributed by atoms with E-state index < -0.39 is 0 Å². The van der Waals surface area contributed by atoms with Gasteiger partial charge in [-0.2, -0.15) is 0 Å². The molecule has 1 heterocycles. The standard InChI is InChI=1S/C17H19NO2/c1-19-13-7-8-14-12(11-13)9-10-18-17(14)15-5-3-4-6-16(15)20-2/h3-8,11,17-18H,9-10H2,1-2H3. The SMILES string of the molecule is COc1ccc2c(c1)CCNC2c1ccccc1OC. The molecule has 1 aliphatic heterocycles. The van der Waals surface area contributed by atoms with Gasteiger partial charge in [-0.15, -0.1) is 0 Å². The summed E-state index contributed by atoms with van der Waals surface area (Å²) >= 11 is 0. The van der Waals surface area contributed by atoms with Crippen LogP contribution in [0.1, 0.15) is 22.7 Å². The molecule has 0 aromatic heterocycles. The lowest BCUT2D eigenvalue weighted by atomic mass is 9.89. The second-order valence-corrected chi connectivity index (χ2v) is 4.94. The highest BCUT2D eigenvalue weighted by Gasteiger charge is 2.23. The Bertz CT molecular complexity index is 610. The summed E-state index contributed by atoms with van der Waals surface area (Å²) in [6.45, 7) is 0.961. The van der Waals surface area contributed by atoms with E-state index in [4.69, 9.17) is 9.47 Å². The van der Waals surface area contributed by atoms with Crippen molar-refractivity contribution in [1.29, 1.82) is 0 Å². The summed E-state index contributed by atoms with van der Waals surface area (Å²) in [5, 5.41) is 3.58. The van der Waals surface area contributed by atoms with E-state index >= 15 is 0 Å². The molecule has 3 rings (SSSR count). The first-order chi connectivity index (χ1) is 9.83. The molecular weight excluding hydrogens is 250 g/mol. The second kappa shape index (κ2) is 5.55. The van der Waals surface area contributed by atoms with Crippen molar-refractivity contribution in [2.24, 2.45) is 0 Å². The van der Waals surface area contributed by atoms with Crippen LogP contribution in [0.5, 0.6) is 11.5 Å². The summed E-state index contributed by atoms with van der Waals surface area (Å²) in [5.74, 6) is 1.85. The van der Waals surface area contributed by atoms with E-state index in [0.717, 1.165) is 24.5 Å². The molecule has 1 atom stereocenters. The van der Waals surface area contributed by atoms with Gasteiger partial charge in [-0.05, 0) is 35.7 Å². The molecule has 0 saturated carbocycles. The summed E-state index contributed by atoms with van der Waals surface area (Å²) in [7, 11) is 3.43. The average molecular weight is 269 g/mol. The van der Waals surface area contributed by atoms with Crippen LogP contribution in [0.15, 0.2) is 42.5 Å². The fourth-order valence-electron chi connectivity index (χ4n) is 2.85. The number of para-hydroxylation sites is 1. The highest BCUT2D eigenvalue weighted by Crippen LogP contribution is 2.35. The molecule has 1 aliphatic rings. The van der Waals surface area contributed by atoms with E-state index in [9.17, 15) is 0 Å². The monoisotopic (exact) mass is 269 g/mol. The molecule has 3 nitrogen and oxygen atoms in total. The van der Waals surface area contributed by atoms with Gasteiger partial charge in [-0.3, -0.25) is 0 Å². The van der Waals surface area contributed by atoms with Crippen LogP contribution in [0.3, 0.4) is 0 Å². The maximum absolute atomic E-state index is 5.49. The van der Waals surface area contributed by atoms with E-state index in [1.807, 2.05) is 18.2 Å². The van der Waals surface area contributed by atoms with Crippen LogP contribution in [0.25, 0.3) is 0 Å². The highest BCUT2D eigenvalue weighted by molar-refractivity contribution is 5.47. The average Bonchev–Trinajstić information content (AvgIpc) is 2.53. The fourth-order valence-corrected chi connectivity index (χ4v) is 2.85. The zero-order valence-corrected chi connectivity index (χ0v) is 11.8. The first-order valence-electron chi connectivity index (χ1n) is 6.86. The first kappa shape index (κ1) is 13.0. The topological polar surface area (TPSA) is 30.5 Å². The number of benzene rings is 2. The highest BCUT2D eigenvalue weighted by atomic mass is 16.5. The Hall–Kier alpha value is -2.00. The van der Waals surface area contributed by atoms with Crippen molar-refractivity contribution in [3.8, 4) is 11.5 Å². The Morgan fingerprint density at radius 1 is 1.00 bits per heavy atom. The van der Waals surface area contributed by atoms with Crippen molar-refractivity contribution < 1.29 is 9.47 Å². The molecule has 0 aliphatic carbocycles. The van der Waals surface area contributed by atoms with Crippen LogP contribution in [-0.4, -0.2) is 20.8 Å². The molecule has 2 aromatic carbocycles. The molecule has 0 bridgehead atoms. The van der Waals surface area contributed by atoms with E-state index in [1.165, 1.54) is 16.7 Å². The van der Waals surface area contributed by atoms with Crippen molar-refractivity contribution >= 4 is 0 Å². The number of hydrogen-bond acceptors (Lipinski definition) is 3. The van der Waals surface area contributed by atoms with Gasteiger partial charge in [0.1, 0.15) is 11.5 Å². The Kier molecular flexibility index (Phi) is 3.61. The summed E-state index contributed by atoms with van der Waals surface area (Å²) < 4.78 is 10.8. The van der Waals surface area contributed by atoms with E-state index in [1.54, 1.807) is 14.2 Å². The van der Waals surface area contributed by atoms with Crippen LogP contribution >= 0.6 is 0 Å². The summed E-state index contributed by atoms with van der Waals surface area (Å²) in [4.78, 5) is 0. The number of nitrogens with one attached hydrogen (secondary N) is 1. The van der Waals surface area contributed by atoms with Crippen LogP contribution in [-0.2, 0) is 6.42 Å². The van der Waals surface area contributed by atoms with Gasteiger partial charge in [0.25, 0.3) is 0 Å². The Morgan fingerprint density at radius 3 is 2.65 bits per heavy atom. The number of methoxy groups -OCH3 is 2.